The molecule has 19 heavy (non-hydrogen) atoms. The predicted octanol–water partition coefficient (Wildman–Crippen LogP) is 1.37. The molecular weight excluding hydrogens is 268 g/mol. The van der Waals surface area contributed by atoms with E-state index >= 15 is 0 Å². The highest BCUT2D eigenvalue weighted by Gasteiger charge is 2.34. The van der Waals surface area contributed by atoms with Gasteiger partial charge in [0.2, 0.25) is 0 Å². The van der Waals surface area contributed by atoms with E-state index in [-0.39, 0.29) is 12.0 Å². The molecule has 1 aromatic rings. The maximum absolute atomic E-state index is 9.19. The van der Waals surface area contributed by atoms with Crippen molar-refractivity contribution >= 4 is 23.1 Å². The Labute approximate surface area is 117 Å². The van der Waals surface area contributed by atoms with Gasteiger partial charge in [0.25, 0.3) is 0 Å². The van der Waals surface area contributed by atoms with Crippen molar-refractivity contribution in [2.24, 2.45) is 5.41 Å². The summed E-state index contributed by atoms with van der Waals surface area (Å²) in [6, 6.07) is 0. The van der Waals surface area contributed by atoms with E-state index in [1.54, 1.807) is 7.05 Å². The van der Waals surface area contributed by atoms with Crippen LogP contribution < -0.4 is 10.6 Å². The van der Waals surface area contributed by atoms with Crippen LogP contribution in [0.5, 0.6) is 0 Å². The fourth-order valence-corrected chi connectivity index (χ4v) is 2.53. The highest BCUT2D eigenvalue weighted by atomic mass is 35.5. The number of nitrogens with one attached hydrogen (secondary N) is 2. The van der Waals surface area contributed by atoms with Gasteiger partial charge in [-0.05, 0) is 12.8 Å². The van der Waals surface area contributed by atoms with Crippen molar-refractivity contribution in [2.45, 2.75) is 12.8 Å². The molecule has 1 saturated heterocycles. The number of aliphatic hydroxyl groups excluding tert-OH is 1. The molecule has 1 aliphatic rings. The third kappa shape index (κ3) is 3.26. The van der Waals surface area contributed by atoms with Crippen LogP contribution in [0.25, 0.3) is 0 Å². The lowest BCUT2D eigenvalue weighted by atomic mass is 9.84. The van der Waals surface area contributed by atoms with Crippen LogP contribution in [0, 0.1) is 5.41 Å². The standard InChI is InChI=1S/C12H19ClN4O2/c1-14-9-10(13)16-8-17-11(9)15-6-12(2-4-18)3-5-19-7-12/h8,14,18H,2-7H2,1H3,(H,15,16,17). The zero-order chi connectivity index (χ0) is 13.7. The second kappa shape index (κ2) is 6.36. The average molecular weight is 287 g/mol. The fraction of sp³-hybridized carbons (Fsp3) is 0.667. The molecule has 1 aromatic heterocycles. The molecule has 0 aromatic carbocycles. The van der Waals surface area contributed by atoms with E-state index in [4.69, 9.17) is 16.3 Å². The van der Waals surface area contributed by atoms with Crippen molar-refractivity contribution in [3.8, 4) is 0 Å². The summed E-state index contributed by atoms with van der Waals surface area (Å²) in [7, 11) is 1.78. The molecule has 1 aliphatic heterocycles. The van der Waals surface area contributed by atoms with Crippen LogP contribution in [0.3, 0.4) is 0 Å². The predicted molar refractivity (Wildman–Crippen MR) is 74.7 cm³/mol. The molecule has 6 nitrogen and oxygen atoms in total. The minimum Gasteiger partial charge on any atom is -0.396 e. The molecule has 0 spiro atoms. The summed E-state index contributed by atoms with van der Waals surface area (Å²) in [5.41, 5.74) is 0.652. The van der Waals surface area contributed by atoms with Crippen LogP contribution in [0.2, 0.25) is 5.15 Å². The molecule has 2 heterocycles. The largest absolute Gasteiger partial charge is 0.396 e. The fourth-order valence-electron chi connectivity index (χ4n) is 2.30. The summed E-state index contributed by atoms with van der Waals surface area (Å²) in [6.07, 6.45) is 3.08. The molecular formula is C12H19ClN4O2. The SMILES string of the molecule is CNc1c(Cl)ncnc1NCC1(CCO)CCOC1. The molecule has 0 bridgehead atoms. The molecule has 1 atom stereocenters. The van der Waals surface area contributed by atoms with E-state index in [0.29, 0.717) is 36.2 Å². The Bertz CT molecular complexity index is 424. The number of hydrogen-bond acceptors (Lipinski definition) is 6. The lowest BCUT2D eigenvalue weighted by Gasteiger charge is -2.27. The van der Waals surface area contributed by atoms with Crippen molar-refractivity contribution in [1.82, 2.24) is 9.97 Å². The van der Waals surface area contributed by atoms with Crippen molar-refractivity contribution in [3.05, 3.63) is 11.5 Å². The number of hydrogen-bond donors (Lipinski definition) is 3. The Morgan fingerprint density at radius 1 is 1.53 bits per heavy atom. The van der Waals surface area contributed by atoms with Crippen molar-refractivity contribution < 1.29 is 9.84 Å². The minimum atomic E-state index is -0.0306. The highest BCUT2D eigenvalue weighted by Crippen LogP contribution is 2.33. The number of aliphatic hydroxyl groups is 1. The maximum Gasteiger partial charge on any atom is 0.157 e. The average Bonchev–Trinajstić information content (AvgIpc) is 2.86. The first-order chi connectivity index (χ1) is 9.21. The molecule has 7 heteroatoms. The normalized spacial score (nSPS) is 22.5. The van der Waals surface area contributed by atoms with Crippen LogP contribution in [0.4, 0.5) is 11.5 Å². The van der Waals surface area contributed by atoms with Gasteiger partial charge < -0.3 is 20.5 Å². The Balaban J connectivity index is 2.07. The van der Waals surface area contributed by atoms with Crippen molar-refractivity contribution in [2.75, 3.05) is 44.0 Å². The summed E-state index contributed by atoms with van der Waals surface area (Å²) in [5.74, 6) is 0.673. The zero-order valence-electron chi connectivity index (χ0n) is 10.9. The molecule has 2 rings (SSSR count). The number of aromatic nitrogens is 2. The third-order valence-electron chi connectivity index (χ3n) is 3.51. The van der Waals surface area contributed by atoms with Crippen molar-refractivity contribution in [3.63, 3.8) is 0 Å². The Hall–Kier alpha value is -1.11. The lowest BCUT2D eigenvalue weighted by molar-refractivity contribution is 0.133. The summed E-state index contributed by atoms with van der Waals surface area (Å²) >= 11 is 6.00. The number of nitrogens with zero attached hydrogens (tertiary/aromatic N) is 2. The van der Waals surface area contributed by atoms with Crippen LogP contribution in [-0.4, -0.2) is 48.5 Å². The van der Waals surface area contributed by atoms with Gasteiger partial charge in [-0.25, -0.2) is 9.97 Å². The first-order valence-corrected chi connectivity index (χ1v) is 6.69. The van der Waals surface area contributed by atoms with Gasteiger partial charge in [0.15, 0.2) is 11.0 Å². The number of rotatable bonds is 6. The van der Waals surface area contributed by atoms with Gasteiger partial charge in [-0.1, -0.05) is 11.6 Å². The summed E-state index contributed by atoms with van der Waals surface area (Å²) in [5, 5.41) is 15.8. The smallest absolute Gasteiger partial charge is 0.157 e. The van der Waals surface area contributed by atoms with Crippen molar-refractivity contribution in [1.29, 1.82) is 0 Å². The van der Waals surface area contributed by atoms with E-state index < -0.39 is 0 Å². The first kappa shape index (κ1) is 14.3. The van der Waals surface area contributed by atoms with Crippen LogP contribution in [-0.2, 0) is 4.74 Å². The number of halogens is 1. The van der Waals surface area contributed by atoms with Crippen LogP contribution in [0.15, 0.2) is 6.33 Å². The second-order valence-corrected chi connectivity index (χ2v) is 5.13. The van der Waals surface area contributed by atoms with Crippen LogP contribution >= 0.6 is 11.6 Å². The zero-order valence-corrected chi connectivity index (χ0v) is 11.7. The van der Waals surface area contributed by atoms with Gasteiger partial charge in [0.1, 0.15) is 12.0 Å². The number of ether oxygens (including phenoxy) is 1. The van der Waals surface area contributed by atoms with Gasteiger partial charge >= 0.3 is 0 Å². The topological polar surface area (TPSA) is 79.3 Å². The summed E-state index contributed by atoms with van der Waals surface area (Å²) < 4.78 is 5.46. The quantitative estimate of drug-likeness (QED) is 0.686. The Kier molecular flexibility index (Phi) is 4.79. The maximum atomic E-state index is 9.19. The van der Waals surface area contributed by atoms with E-state index in [2.05, 4.69) is 20.6 Å². The molecule has 106 valence electrons. The summed E-state index contributed by atoms with van der Waals surface area (Å²) in [4.78, 5) is 8.12. The van der Waals surface area contributed by atoms with E-state index in [1.165, 1.54) is 6.33 Å². The van der Waals surface area contributed by atoms with Gasteiger partial charge in [-0.2, -0.15) is 0 Å². The Morgan fingerprint density at radius 3 is 3.00 bits per heavy atom. The monoisotopic (exact) mass is 286 g/mol. The van der Waals surface area contributed by atoms with Gasteiger partial charge in [0.05, 0.1) is 6.61 Å². The molecule has 0 aliphatic carbocycles. The highest BCUT2D eigenvalue weighted by molar-refractivity contribution is 6.32. The molecule has 1 fully saturated rings. The molecule has 0 amide bonds. The Morgan fingerprint density at radius 2 is 2.37 bits per heavy atom. The molecule has 3 N–H and O–H groups in total. The molecule has 1 unspecified atom stereocenters. The minimum absolute atomic E-state index is 0.0306. The molecule has 0 radical (unpaired) electrons. The van der Waals surface area contributed by atoms with Crippen LogP contribution in [0.1, 0.15) is 12.8 Å². The van der Waals surface area contributed by atoms with Gasteiger partial charge in [0, 0.05) is 32.2 Å². The molecule has 0 saturated carbocycles. The first-order valence-electron chi connectivity index (χ1n) is 6.31. The van der Waals surface area contributed by atoms with Gasteiger partial charge in [-0.3, -0.25) is 0 Å². The summed E-state index contributed by atoms with van der Waals surface area (Å²) in [6.45, 7) is 2.25. The van der Waals surface area contributed by atoms with Gasteiger partial charge in [-0.15, -0.1) is 0 Å². The number of anilines is 2. The lowest BCUT2D eigenvalue weighted by Crippen LogP contribution is -2.31. The van der Waals surface area contributed by atoms with E-state index in [9.17, 15) is 5.11 Å². The van der Waals surface area contributed by atoms with E-state index in [1.807, 2.05) is 0 Å². The van der Waals surface area contributed by atoms with E-state index in [0.717, 1.165) is 13.0 Å². The third-order valence-corrected chi connectivity index (χ3v) is 3.80. The second-order valence-electron chi connectivity index (χ2n) is 4.77.